The molecule has 0 unspecified atom stereocenters. The predicted molar refractivity (Wildman–Crippen MR) is 80.1 cm³/mol. The third-order valence-corrected chi connectivity index (χ3v) is 3.38. The monoisotopic (exact) mass is 306 g/mol. The Labute approximate surface area is 127 Å². The van der Waals surface area contributed by atoms with Crippen LogP contribution in [-0.2, 0) is 6.42 Å². The largest absolute Gasteiger partial charge is 0.509 e. The maximum Gasteiger partial charge on any atom is 0.152 e. The Morgan fingerprint density at radius 3 is 2.59 bits per heavy atom. The molecule has 1 heterocycles. The van der Waals surface area contributed by atoms with E-state index in [0.717, 1.165) is 0 Å². The summed E-state index contributed by atoms with van der Waals surface area (Å²) >= 11 is 0. The SMILES string of the molecule is C=C(/C=C\C(O)=C(/C)O)[C@H]1Oc2cc(O)cc(O)c2C[C@H]1O. The number of rotatable bonds is 3. The molecule has 22 heavy (non-hydrogen) atoms. The smallest absolute Gasteiger partial charge is 0.152 e. The van der Waals surface area contributed by atoms with Crippen molar-refractivity contribution in [3.63, 3.8) is 0 Å². The van der Waals surface area contributed by atoms with Crippen molar-refractivity contribution < 1.29 is 30.3 Å². The number of phenolic OH excluding ortho intramolecular Hbond substituents is 2. The molecule has 2 rings (SSSR count). The van der Waals surface area contributed by atoms with Crippen molar-refractivity contribution in [3.05, 3.63) is 53.5 Å². The predicted octanol–water partition coefficient (Wildman–Crippen LogP) is 2.22. The van der Waals surface area contributed by atoms with Crippen molar-refractivity contribution in [3.8, 4) is 17.2 Å². The summed E-state index contributed by atoms with van der Waals surface area (Å²) in [6, 6.07) is 2.52. The van der Waals surface area contributed by atoms with Crippen LogP contribution >= 0.6 is 0 Å². The van der Waals surface area contributed by atoms with Crippen molar-refractivity contribution in [2.75, 3.05) is 0 Å². The molecule has 0 radical (unpaired) electrons. The van der Waals surface area contributed by atoms with Crippen molar-refractivity contribution in [2.24, 2.45) is 0 Å². The zero-order valence-electron chi connectivity index (χ0n) is 12.0. The minimum absolute atomic E-state index is 0.139. The molecular formula is C16H18O6. The highest BCUT2D eigenvalue weighted by Crippen LogP contribution is 2.39. The van der Waals surface area contributed by atoms with Gasteiger partial charge < -0.3 is 30.3 Å². The molecule has 0 aromatic heterocycles. The van der Waals surface area contributed by atoms with Crippen molar-refractivity contribution in [1.82, 2.24) is 0 Å². The number of hydrogen-bond acceptors (Lipinski definition) is 6. The van der Waals surface area contributed by atoms with Gasteiger partial charge in [0.15, 0.2) is 5.76 Å². The van der Waals surface area contributed by atoms with Crippen LogP contribution in [0.2, 0.25) is 0 Å². The second-order valence-electron chi connectivity index (χ2n) is 5.13. The molecule has 0 saturated heterocycles. The number of allylic oxidation sites excluding steroid dienone is 2. The van der Waals surface area contributed by atoms with Crippen LogP contribution in [0.25, 0.3) is 0 Å². The lowest BCUT2D eigenvalue weighted by molar-refractivity contribution is 0.0436. The average Bonchev–Trinajstić information content (AvgIpc) is 2.44. The zero-order valence-corrected chi connectivity index (χ0v) is 12.0. The molecule has 0 fully saturated rings. The zero-order chi connectivity index (χ0) is 16.4. The Morgan fingerprint density at radius 1 is 1.27 bits per heavy atom. The van der Waals surface area contributed by atoms with Crippen LogP contribution < -0.4 is 4.74 Å². The topological polar surface area (TPSA) is 110 Å². The molecule has 1 aliphatic rings. The maximum atomic E-state index is 10.1. The summed E-state index contributed by atoms with van der Waals surface area (Å²) in [5.74, 6) is -0.592. The molecule has 1 aromatic carbocycles. The number of phenols is 2. The molecule has 6 nitrogen and oxygen atoms in total. The minimum atomic E-state index is -0.943. The van der Waals surface area contributed by atoms with Gasteiger partial charge in [0.1, 0.15) is 29.1 Å². The van der Waals surface area contributed by atoms with E-state index < -0.39 is 12.2 Å². The first-order chi connectivity index (χ1) is 10.3. The van der Waals surface area contributed by atoms with Gasteiger partial charge in [-0.3, -0.25) is 0 Å². The fraction of sp³-hybridized carbons (Fsp3) is 0.250. The third kappa shape index (κ3) is 3.17. The van der Waals surface area contributed by atoms with Gasteiger partial charge in [-0.2, -0.15) is 0 Å². The summed E-state index contributed by atoms with van der Waals surface area (Å²) in [4.78, 5) is 0. The van der Waals surface area contributed by atoms with Crippen molar-refractivity contribution >= 4 is 0 Å². The first kappa shape index (κ1) is 15.8. The summed E-state index contributed by atoms with van der Waals surface area (Å²) in [6.45, 7) is 5.10. The van der Waals surface area contributed by atoms with E-state index in [-0.39, 0.29) is 35.2 Å². The highest BCUT2D eigenvalue weighted by atomic mass is 16.5. The van der Waals surface area contributed by atoms with Crippen LogP contribution in [0.4, 0.5) is 0 Å². The van der Waals surface area contributed by atoms with Gasteiger partial charge in [-0.1, -0.05) is 12.7 Å². The van der Waals surface area contributed by atoms with E-state index in [4.69, 9.17) is 9.84 Å². The van der Waals surface area contributed by atoms with Gasteiger partial charge in [0, 0.05) is 24.1 Å². The summed E-state index contributed by atoms with van der Waals surface area (Å²) in [7, 11) is 0. The molecule has 1 aliphatic heterocycles. The van der Waals surface area contributed by atoms with Crippen molar-refractivity contribution in [2.45, 2.75) is 25.6 Å². The highest BCUT2D eigenvalue weighted by Gasteiger charge is 2.31. The van der Waals surface area contributed by atoms with Gasteiger partial charge >= 0.3 is 0 Å². The number of ether oxygens (including phenoxy) is 1. The van der Waals surface area contributed by atoms with Gasteiger partial charge in [-0.25, -0.2) is 0 Å². The Morgan fingerprint density at radius 2 is 1.95 bits per heavy atom. The van der Waals surface area contributed by atoms with E-state index in [1.54, 1.807) is 0 Å². The number of aromatic hydroxyl groups is 2. The first-order valence-electron chi connectivity index (χ1n) is 6.65. The van der Waals surface area contributed by atoms with E-state index in [9.17, 15) is 20.4 Å². The lowest BCUT2D eigenvalue weighted by Crippen LogP contribution is -2.38. The number of aliphatic hydroxyl groups excluding tert-OH is 3. The first-order valence-corrected chi connectivity index (χ1v) is 6.65. The van der Waals surface area contributed by atoms with Crippen LogP contribution in [0.1, 0.15) is 12.5 Å². The summed E-state index contributed by atoms with van der Waals surface area (Å²) in [6.07, 6.45) is 1.05. The lowest BCUT2D eigenvalue weighted by Gasteiger charge is -2.31. The molecule has 118 valence electrons. The molecular weight excluding hydrogens is 288 g/mol. The molecule has 0 saturated carbocycles. The molecule has 1 aromatic rings. The fourth-order valence-electron chi connectivity index (χ4n) is 2.18. The van der Waals surface area contributed by atoms with E-state index in [0.29, 0.717) is 11.1 Å². The number of benzene rings is 1. The van der Waals surface area contributed by atoms with Crippen LogP contribution in [0.5, 0.6) is 17.2 Å². The van der Waals surface area contributed by atoms with Crippen LogP contribution in [-0.4, -0.2) is 37.7 Å². The van der Waals surface area contributed by atoms with Gasteiger partial charge in [0.2, 0.25) is 0 Å². The molecule has 2 atom stereocenters. The highest BCUT2D eigenvalue weighted by molar-refractivity contribution is 5.51. The number of hydrogen-bond donors (Lipinski definition) is 5. The van der Waals surface area contributed by atoms with Gasteiger partial charge in [0.25, 0.3) is 0 Å². The molecule has 0 amide bonds. The summed E-state index contributed by atoms with van der Waals surface area (Å²) < 4.78 is 5.58. The summed E-state index contributed by atoms with van der Waals surface area (Å²) in [5, 5.41) is 47.9. The minimum Gasteiger partial charge on any atom is -0.509 e. The van der Waals surface area contributed by atoms with Gasteiger partial charge in [-0.05, 0) is 18.6 Å². The number of fused-ring (bicyclic) bond motifs is 1. The summed E-state index contributed by atoms with van der Waals surface area (Å²) in [5.41, 5.74) is 0.779. The van der Waals surface area contributed by atoms with Crippen LogP contribution in [0.15, 0.2) is 48.0 Å². The second kappa shape index (κ2) is 6.03. The van der Waals surface area contributed by atoms with Crippen LogP contribution in [0, 0.1) is 0 Å². The van der Waals surface area contributed by atoms with Gasteiger partial charge in [0.05, 0.1) is 6.10 Å². The number of aliphatic hydroxyl groups is 3. The molecule has 6 heteroatoms. The second-order valence-corrected chi connectivity index (χ2v) is 5.13. The standard InChI is InChI=1S/C16H18O6/c1-8(3-4-12(19)9(2)17)16-14(21)7-11-13(20)5-10(18)6-15(11)22-16/h3-6,14,16-21H,1,7H2,2H3/b4-3-,12-9-/t14-,16-/m1/s1. The van der Waals surface area contributed by atoms with E-state index in [1.807, 2.05) is 0 Å². The molecule has 0 bridgehead atoms. The Kier molecular flexibility index (Phi) is 4.32. The van der Waals surface area contributed by atoms with E-state index in [2.05, 4.69) is 6.58 Å². The van der Waals surface area contributed by atoms with E-state index >= 15 is 0 Å². The Bertz CT molecular complexity index is 655. The maximum absolute atomic E-state index is 10.1. The lowest BCUT2D eigenvalue weighted by atomic mass is 9.94. The van der Waals surface area contributed by atoms with Gasteiger partial charge in [-0.15, -0.1) is 0 Å². The quantitative estimate of drug-likeness (QED) is 0.432. The van der Waals surface area contributed by atoms with Crippen molar-refractivity contribution in [1.29, 1.82) is 0 Å². The third-order valence-electron chi connectivity index (χ3n) is 3.38. The van der Waals surface area contributed by atoms with E-state index in [1.165, 1.54) is 31.2 Å². The average molecular weight is 306 g/mol. The molecule has 5 N–H and O–H groups in total. The fourth-order valence-corrected chi connectivity index (χ4v) is 2.18. The van der Waals surface area contributed by atoms with Crippen LogP contribution in [0.3, 0.4) is 0 Å². The Balaban J connectivity index is 2.23. The normalized spacial score (nSPS) is 21.9. The molecule has 0 aliphatic carbocycles. The molecule has 0 spiro atoms. The Hall–Kier alpha value is -2.60.